The van der Waals surface area contributed by atoms with Gasteiger partial charge in [-0.1, -0.05) is 25.5 Å². The topological polar surface area (TPSA) is 63.6 Å². The van der Waals surface area contributed by atoms with Crippen molar-refractivity contribution in [2.24, 2.45) is 5.41 Å². The van der Waals surface area contributed by atoms with Gasteiger partial charge in [-0.05, 0) is 25.5 Å². The lowest BCUT2D eigenvalue weighted by molar-refractivity contribution is -0.139. The van der Waals surface area contributed by atoms with E-state index in [1.807, 2.05) is 26.8 Å². The molecule has 0 saturated heterocycles. The molecule has 0 heterocycles. The Labute approximate surface area is 113 Å². The highest BCUT2D eigenvalue weighted by atomic mass is 16.5. The van der Waals surface area contributed by atoms with Crippen LogP contribution in [0.4, 0.5) is 0 Å². The first kappa shape index (κ1) is 15.4. The second-order valence-electron chi connectivity index (χ2n) is 5.29. The first-order valence-electron chi connectivity index (χ1n) is 6.16. The van der Waals surface area contributed by atoms with Crippen LogP contribution >= 0.6 is 0 Å². The van der Waals surface area contributed by atoms with Gasteiger partial charge in [0.25, 0.3) is 0 Å². The Kier molecular flexibility index (Phi) is 4.84. The molecule has 0 aromatic heterocycles. The lowest BCUT2D eigenvalue weighted by Gasteiger charge is -2.30. The Morgan fingerprint density at radius 2 is 2.16 bits per heavy atom. The standard InChI is InChI=1S/C15H20O4/c1-10(8-16)7-14(18)19-13-5-6-15(3,4)11(2)12(13)9-17/h5-7,9,13,16H,8H2,1-4H3/b10-7+/t13-/m0/s1. The quantitative estimate of drug-likeness (QED) is 0.365. The van der Waals surface area contributed by atoms with Crippen molar-refractivity contribution < 1.29 is 19.4 Å². The highest BCUT2D eigenvalue weighted by molar-refractivity contribution is 5.85. The molecule has 0 aromatic carbocycles. The van der Waals surface area contributed by atoms with Crippen molar-refractivity contribution in [3.05, 3.63) is 34.9 Å². The maximum Gasteiger partial charge on any atom is 0.331 e. The van der Waals surface area contributed by atoms with Crippen molar-refractivity contribution in [2.45, 2.75) is 33.8 Å². The molecule has 1 atom stereocenters. The van der Waals surface area contributed by atoms with Crippen LogP contribution in [0.3, 0.4) is 0 Å². The minimum atomic E-state index is -0.652. The highest BCUT2D eigenvalue weighted by Gasteiger charge is 2.29. The summed E-state index contributed by atoms with van der Waals surface area (Å²) in [6, 6.07) is 0. The van der Waals surface area contributed by atoms with E-state index in [4.69, 9.17) is 9.84 Å². The lowest BCUT2D eigenvalue weighted by Crippen LogP contribution is -2.27. The predicted molar refractivity (Wildman–Crippen MR) is 72.4 cm³/mol. The summed E-state index contributed by atoms with van der Waals surface area (Å²) in [6.45, 7) is 7.29. The van der Waals surface area contributed by atoms with Crippen LogP contribution in [-0.4, -0.2) is 30.1 Å². The van der Waals surface area contributed by atoms with E-state index in [1.54, 1.807) is 13.0 Å². The second-order valence-corrected chi connectivity index (χ2v) is 5.29. The van der Waals surface area contributed by atoms with Gasteiger partial charge in [-0.15, -0.1) is 0 Å². The molecule has 1 N–H and O–H groups in total. The summed E-state index contributed by atoms with van der Waals surface area (Å²) in [7, 11) is 0. The van der Waals surface area contributed by atoms with Crippen LogP contribution in [0, 0.1) is 5.41 Å². The van der Waals surface area contributed by atoms with Crippen molar-refractivity contribution in [1.82, 2.24) is 0 Å². The molecular weight excluding hydrogens is 244 g/mol. The number of esters is 1. The number of hydrogen-bond acceptors (Lipinski definition) is 4. The van der Waals surface area contributed by atoms with Gasteiger partial charge in [0.1, 0.15) is 12.4 Å². The Bertz CT molecular complexity index is 467. The molecular formula is C15H20O4. The van der Waals surface area contributed by atoms with Crippen molar-refractivity contribution in [3.8, 4) is 0 Å². The van der Waals surface area contributed by atoms with E-state index in [9.17, 15) is 9.59 Å². The molecule has 0 spiro atoms. The summed E-state index contributed by atoms with van der Waals surface area (Å²) in [5.74, 6) is -0.562. The fraction of sp³-hybridized carbons (Fsp3) is 0.467. The van der Waals surface area contributed by atoms with Gasteiger partial charge in [0.15, 0.2) is 0 Å². The van der Waals surface area contributed by atoms with E-state index in [0.29, 0.717) is 11.1 Å². The number of allylic oxidation sites excluding steroid dienone is 2. The van der Waals surface area contributed by atoms with E-state index in [0.717, 1.165) is 11.9 Å². The number of aldehydes is 1. The normalized spacial score (nSPS) is 22.4. The molecule has 0 aromatic rings. The van der Waals surface area contributed by atoms with Gasteiger partial charge < -0.3 is 9.84 Å². The Balaban J connectivity index is 2.92. The average molecular weight is 264 g/mol. The van der Waals surface area contributed by atoms with Gasteiger partial charge in [0, 0.05) is 17.1 Å². The predicted octanol–water partition coefficient (Wildman–Crippen LogP) is 1.95. The molecule has 1 aliphatic rings. The SMILES string of the molecule is CC1=C(C=O)[C@@H](OC(=O)/C=C(\C)CO)C=CC1(C)C. The third kappa shape index (κ3) is 3.64. The monoisotopic (exact) mass is 264 g/mol. The van der Waals surface area contributed by atoms with Crippen LogP contribution in [0.1, 0.15) is 27.7 Å². The van der Waals surface area contributed by atoms with Gasteiger partial charge in [0.2, 0.25) is 0 Å². The molecule has 104 valence electrons. The zero-order valence-electron chi connectivity index (χ0n) is 11.8. The number of hydrogen-bond donors (Lipinski definition) is 1. The third-order valence-electron chi connectivity index (χ3n) is 3.38. The van der Waals surface area contributed by atoms with Crippen LogP contribution < -0.4 is 0 Å². The number of carbonyl (C=O) groups is 2. The van der Waals surface area contributed by atoms with Gasteiger partial charge in [-0.3, -0.25) is 4.79 Å². The van der Waals surface area contributed by atoms with Crippen molar-refractivity contribution in [2.75, 3.05) is 6.61 Å². The third-order valence-corrected chi connectivity index (χ3v) is 3.38. The molecule has 0 saturated carbocycles. The maximum atomic E-state index is 11.6. The van der Waals surface area contributed by atoms with Crippen molar-refractivity contribution in [3.63, 3.8) is 0 Å². The van der Waals surface area contributed by atoms with Gasteiger partial charge in [-0.2, -0.15) is 0 Å². The Morgan fingerprint density at radius 1 is 1.53 bits per heavy atom. The smallest absolute Gasteiger partial charge is 0.331 e. The molecule has 4 nitrogen and oxygen atoms in total. The van der Waals surface area contributed by atoms with Crippen molar-refractivity contribution in [1.29, 1.82) is 0 Å². The van der Waals surface area contributed by atoms with E-state index < -0.39 is 12.1 Å². The molecule has 0 unspecified atom stereocenters. The molecule has 0 fully saturated rings. The van der Waals surface area contributed by atoms with Crippen LogP contribution in [0.25, 0.3) is 0 Å². The molecule has 19 heavy (non-hydrogen) atoms. The van der Waals surface area contributed by atoms with E-state index in [-0.39, 0.29) is 12.0 Å². The van der Waals surface area contributed by atoms with E-state index in [1.165, 1.54) is 6.08 Å². The summed E-state index contributed by atoms with van der Waals surface area (Å²) < 4.78 is 5.23. The zero-order valence-corrected chi connectivity index (χ0v) is 11.8. The molecule has 0 radical (unpaired) electrons. The second kappa shape index (κ2) is 5.97. The van der Waals surface area contributed by atoms with E-state index >= 15 is 0 Å². The number of carbonyl (C=O) groups excluding carboxylic acids is 2. The number of rotatable bonds is 4. The number of aliphatic hydroxyl groups is 1. The largest absolute Gasteiger partial charge is 0.450 e. The zero-order chi connectivity index (χ0) is 14.6. The number of aliphatic hydroxyl groups excluding tert-OH is 1. The van der Waals surface area contributed by atoms with E-state index in [2.05, 4.69) is 0 Å². The summed E-state index contributed by atoms with van der Waals surface area (Å²) in [6.07, 6.45) is 4.96. The maximum absolute atomic E-state index is 11.6. The van der Waals surface area contributed by atoms with Crippen LogP contribution in [-0.2, 0) is 14.3 Å². The molecule has 1 aliphatic carbocycles. The molecule has 0 bridgehead atoms. The Morgan fingerprint density at radius 3 is 2.68 bits per heavy atom. The first-order chi connectivity index (χ1) is 8.81. The summed E-state index contributed by atoms with van der Waals surface area (Å²) >= 11 is 0. The Hall–Kier alpha value is -1.68. The fourth-order valence-electron chi connectivity index (χ4n) is 1.81. The minimum absolute atomic E-state index is 0.196. The fourth-order valence-corrected chi connectivity index (χ4v) is 1.81. The lowest BCUT2D eigenvalue weighted by atomic mass is 9.77. The first-order valence-corrected chi connectivity index (χ1v) is 6.16. The summed E-state index contributed by atoms with van der Waals surface area (Å²) in [5.41, 5.74) is 1.68. The van der Waals surface area contributed by atoms with Crippen LogP contribution in [0.5, 0.6) is 0 Å². The highest BCUT2D eigenvalue weighted by Crippen LogP contribution is 2.35. The summed E-state index contributed by atoms with van der Waals surface area (Å²) in [5, 5.41) is 8.84. The number of ether oxygens (including phenoxy) is 1. The van der Waals surface area contributed by atoms with Gasteiger partial charge >= 0.3 is 5.97 Å². The van der Waals surface area contributed by atoms with Crippen LogP contribution in [0.15, 0.2) is 34.9 Å². The molecule has 4 heteroatoms. The van der Waals surface area contributed by atoms with Gasteiger partial charge in [0.05, 0.1) is 6.61 Å². The molecule has 1 rings (SSSR count). The summed E-state index contributed by atoms with van der Waals surface area (Å²) in [4.78, 5) is 22.8. The van der Waals surface area contributed by atoms with Gasteiger partial charge in [-0.25, -0.2) is 4.79 Å². The van der Waals surface area contributed by atoms with Crippen molar-refractivity contribution >= 4 is 12.3 Å². The molecule has 0 amide bonds. The minimum Gasteiger partial charge on any atom is -0.450 e. The van der Waals surface area contributed by atoms with Crippen LogP contribution in [0.2, 0.25) is 0 Å². The average Bonchev–Trinajstić information content (AvgIpc) is 2.34. The molecule has 0 aliphatic heterocycles.